The van der Waals surface area contributed by atoms with Crippen LogP contribution in [0.2, 0.25) is 0 Å². The lowest BCUT2D eigenvalue weighted by atomic mass is 9.92. The SMILES string of the molecule is COc1ccc(CNC(=O)CN2C(=O)NC(C)(c3ccc(F)c(F)c3)C2=O)cc1. The van der Waals surface area contributed by atoms with Gasteiger partial charge in [0.15, 0.2) is 11.6 Å². The van der Waals surface area contributed by atoms with E-state index in [1.165, 1.54) is 13.0 Å². The molecule has 29 heavy (non-hydrogen) atoms. The van der Waals surface area contributed by atoms with E-state index in [0.717, 1.165) is 22.6 Å². The highest BCUT2D eigenvalue weighted by molar-refractivity contribution is 6.09. The lowest BCUT2D eigenvalue weighted by Gasteiger charge is -2.22. The number of benzene rings is 2. The zero-order chi connectivity index (χ0) is 21.2. The fourth-order valence-corrected chi connectivity index (χ4v) is 2.99. The number of rotatable bonds is 6. The van der Waals surface area contributed by atoms with Crippen LogP contribution in [0.1, 0.15) is 18.1 Å². The average molecular weight is 403 g/mol. The van der Waals surface area contributed by atoms with Crippen molar-refractivity contribution in [1.29, 1.82) is 0 Å². The van der Waals surface area contributed by atoms with Crippen molar-refractivity contribution < 1.29 is 27.9 Å². The van der Waals surface area contributed by atoms with Crippen LogP contribution in [0.4, 0.5) is 13.6 Å². The molecule has 1 atom stereocenters. The molecule has 7 nitrogen and oxygen atoms in total. The fourth-order valence-electron chi connectivity index (χ4n) is 2.99. The minimum atomic E-state index is -1.60. The third kappa shape index (κ3) is 4.03. The number of nitrogens with zero attached hydrogens (tertiary/aromatic N) is 1. The lowest BCUT2D eigenvalue weighted by molar-refractivity contribution is -0.134. The predicted octanol–water partition coefficient (Wildman–Crippen LogP) is 2.06. The third-order valence-corrected chi connectivity index (χ3v) is 4.72. The summed E-state index contributed by atoms with van der Waals surface area (Å²) in [7, 11) is 1.54. The first-order chi connectivity index (χ1) is 13.7. The smallest absolute Gasteiger partial charge is 0.325 e. The van der Waals surface area contributed by atoms with Gasteiger partial charge in [0, 0.05) is 6.54 Å². The van der Waals surface area contributed by atoms with E-state index in [1.54, 1.807) is 31.4 Å². The topological polar surface area (TPSA) is 87.7 Å². The summed E-state index contributed by atoms with van der Waals surface area (Å²) < 4.78 is 31.8. The number of carbonyl (C=O) groups is 3. The maximum atomic E-state index is 13.6. The van der Waals surface area contributed by atoms with Gasteiger partial charge in [0.1, 0.15) is 17.8 Å². The first kappa shape index (κ1) is 20.2. The van der Waals surface area contributed by atoms with Gasteiger partial charge in [0.25, 0.3) is 5.91 Å². The van der Waals surface area contributed by atoms with Gasteiger partial charge < -0.3 is 15.4 Å². The molecule has 1 saturated heterocycles. The molecule has 3 rings (SSSR count). The molecule has 0 radical (unpaired) electrons. The molecule has 1 aliphatic heterocycles. The summed E-state index contributed by atoms with van der Waals surface area (Å²) in [5, 5.41) is 5.06. The summed E-state index contributed by atoms with van der Waals surface area (Å²) >= 11 is 0. The molecule has 0 aliphatic carbocycles. The Balaban J connectivity index is 1.66. The van der Waals surface area contributed by atoms with E-state index in [4.69, 9.17) is 4.74 Å². The number of amides is 4. The van der Waals surface area contributed by atoms with Crippen molar-refractivity contribution in [2.75, 3.05) is 13.7 Å². The van der Waals surface area contributed by atoms with E-state index in [-0.39, 0.29) is 12.1 Å². The predicted molar refractivity (Wildman–Crippen MR) is 98.8 cm³/mol. The van der Waals surface area contributed by atoms with Gasteiger partial charge in [-0.3, -0.25) is 14.5 Å². The second-order valence-electron chi connectivity index (χ2n) is 6.70. The molecule has 1 heterocycles. The van der Waals surface area contributed by atoms with Crippen molar-refractivity contribution in [3.05, 3.63) is 65.2 Å². The fraction of sp³-hybridized carbons (Fsp3) is 0.250. The van der Waals surface area contributed by atoms with Gasteiger partial charge in [0.2, 0.25) is 5.91 Å². The molecule has 152 valence electrons. The van der Waals surface area contributed by atoms with Crippen LogP contribution in [-0.4, -0.2) is 36.4 Å². The number of ether oxygens (including phenoxy) is 1. The molecule has 2 N–H and O–H groups in total. The van der Waals surface area contributed by atoms with Crippen molar-refractivity contribution in [2.45, 2.75) is 19.0 Å². The quantitative estimate of drug-likeness (QED) is 0.723. The number of hydrogen-bond acceptors (Lipinski definition) is 4. The molecule has 0 bridgehead atoms. The van der Waals surface area contributed by atoms with Crippen molar-refractivity contribution in [2.24, 2.45) is 0 Å². The van der Waals surface area contributed by atoms with E-state index in [0.29, 0.717) is 5.75 Å². The molecule has 0 saturated carbocycles. The summed E-state index contributed by atoms with van der Waals surface area (Å²) in [5.74, 6) is -2.80. The average Bonchev–Trinajstić information content (AvgIpc) is 2.92. The number of methoxy groups -OCH3 is 1. The number of halogens is 2. The summed E-state index contributed by atoms with van der Waals surface area (Å²) in [4.78, 5) is 37.9. The zero-order valence-electron chi connectivity index (χ0n) is 15.8. The molecule has 0 aromatic heterocycles. The normalized spacial score (nSPS) is 18.6. The van der Waals surface area contributed by atoms with Crippen molar-refractivity contribution in [1.82, 2.24) is 15.5 Å². The van der Waals surface area contributed by atoms with Crippen LogP contribution in [-0.2, 0) is 21.7 Å². The van der Waals surface area contributed by atoms with Crippen LogP contribution in [0, 0.1) is 11.6 Å². The van der Waals surface area contributed by atoms with Crippen molar-refractivity contribution in [3.63, 3.8) is 0 Å². The molecule has 4 amide bonds. The van der Waals surface area contributed by atoms with Crippen molar-refractivity contribution >= 4 is 17.8 Å². The van der Waals surface area contributed by atoms with Gasteiger partial charge in [-0.25, -0.2) is 13.6 Å². The minimum Gasteiger partial charge on any atom is -0.497 e. The monoisotopic (exact) mass is 403 g/mol. The third-order valence-electron chi connectivity index (χ3n) is 4.72. The van der Waals surface area contributed by atoms with Crippen LogP contribution in [0.5, 0.6) is 5.75 Å². The Morgan fingerprint density at radius 1 is 1.14 bits per heavy atom. The Morgan fingerprint density at radius 3 is 2.45 bits per heavy atom. The van der Waals surface area contributed by atoms with Crippen LogP contribution in [0.15, 0.2) is 42.5 Å². The second-order valence-corrected chi connectivity index (χ2v) is 6.70. The Kier molecular flexibility index (Phi) is 5.49. The number of nitrogens with one attached hydrogen (secondary N) is 2. The highest BCUT2D eigenvalue weighted by Crippen LogP contribution is 2.29. The van der Waals surface area contributed by atoms with E-state index in [1.807, 2.05) is 0 Å². The standard InChI is InChI=1S/C20H19F2N3O4/c1-20(13-5-8-15(21)16(22)9-13)18(27)25(19(28)24-20)11-17(26)23-10-12-3-6-14(29-2)7-4-12/h3-9H,10-11H2,1-2H3,(H,23,26)(H,24,28). The molecule has 1 unspecified atom stereocenters. The van der Waals surface area contributed by atoms with Crippen LogP contribution < -0.4 is 15.4 Å². The van der Waals surface area contributed by atoms with Crippen LogP contribution >= 0.6 is 0 Å². The Labute approximate surface area is 165 Å². The second kappa shape index (κ2) is 7.86. The summed E-state index contributed by atoms with van der Waals surface area (Å²) in [6.07, 6.45) is 0. The van der Waals surface area contributed by atoms with Gasteiger partial charge in [-0.1, -0.05) is 18.2 Å². The molecule has 0 spiro atoms. The number of urea groups is 1. The summed E-state index contributed by atoms with van der Waals surface area (Å²) in [6, 6.07) is 9.17. The van der Waals surface area contributed by atoms with Gasteiger partial charge in [-0.15, -0.1) is 0 Å². The molecular formula is C20H19F2N3O4. The van der Waals surface area contributed by atoms with Crippen LogP contribution in [0.25, 0.3) is 0 Å². The zero-order valence-corrected chi connectivity index (χ0v) is 15.8. The molecule has 1 fully saturated rings. The number of hydrogen-bond donors (Lipinski definition) is 2. The molecular weight excluding hydrogens is 384 g/mol. The van der Waals surface area contributed by atoms with E-state index < -0.39 is 41.6 Å². The van der Waals surface area contributed by atoms with Gasteiger partial charge in [-0.2, -0.15) is 0 Å². The lowest BCUT2D eigenvalue weighted by Crippen LogP contribution is -2.43. The Hall–Kier alpha value is -3.49. The molecule has 9 heteroatoms. The summed E-state index contributed by atoms with van der Waals surface area (Å²) in [5.41, 5.74) is -0.708. The maximum absolute atomic E-state index is 13.6. The number of imide groups is 1. The van der Waals surface area contributed by atoms with Gasteiger partial charge in [-0.05, 0) is 42.3 Å². The van der Waals surface area contributed by atoms with Crippen LogP contribution in [0.3, 0.4) is 0 Å². The molecule has 2 aromatic carbocycles. The van der Waals surface area contributed by atoms with Gasteiger partial charge >= 0.3 is 6.03 Å². The highest BCUT2D eigenvalue weighted by Gasteiger charge is 2.49. The van der Waals surface area contributed by atoms with Gasteiger partial charge in [0.05, 0.1) is 7.11 Å². The summed E-state index contributed by atoms with van der Waals surface area (Å²) in [6.45, 7) is 1.07. The highest BCUT2D eigenvalue weighted by atomic mass is 19.2. The maximum Gasteiger partial charge on any atom is 0.325 e. The van der Waals surface area contributed by atoms with E-state index in [2.05, 4.69) is 10.6 Å². The first-order valence-electron chi connectivity index (χ1n) is 8.74. The number of carbonyl (C=O) groups excluding carboxylic acids is 3. The molecule has 1 aliphatic rings. The largest absolute Gasteiger partial charge is 0.497 e. The van der Waals surface area contributed by atoms with Crippen molar-refractivity contribution in [3.8, 4) is 5.75 Å². The Morgan fingerprint density at radius 2 is 1.83 bits per heavy atom. The first-order valence-corrected chi connectivity index (χ1v) is 8.74. The Bertz CT molecular complexity index is 965. The minimum absolute atomic E-state index is 0.0795. The molecule has 2 aromatic rings. The van der Waals surface area contributed by atoms with E-state index in [9.17, 15) is 23.2 Å². The van der Waals surface area contributed by atoms with E-state index >= 15 is 0 Å².